The molecule has 0 radical (unpaired) electrons. The summed E-state index contributed by atoms with van der Waals surface area (Å²) < 4.78 is 12.2. The molecular formula is C19H18N4O3S2. The number of methoxy groups -OCH3 is 1. The first-order valence-corrected chi connectivity index (χ1v) is 10.7. The summed E-state index contributed by atoms with van der Waals surface area (Å²) in [5.74, 6) is 1.53. The highest BCUT2D eigenvalue weighted by atomic mass is 32.2. The van der Waals surface area contributed by atoms with Crippen molar-refractivity contribution in [3.05, 3.63) is 57.3 Å². The molecule has 7 nitrogen and oxygen atoms in total. The fourth-order valence-corrected chi connectivity index (χ4v) is 4.27. The molecule has 144 valence electrons. The molecule has 0 unspecified atom stereocenters. The first-order chi connectivity index (χ1) is 13.8. The molecule has 0 spiro atoms. The van der Waals surface area contributed by atoms with Gasteiger partial charge in [0.1, 0.15) is 0 Å². The average molecular weight is 415 g/mol. The minimum absolute atomic E-state index is 0.0451. The molecule has 0 atom stereocenters. The molecule has 9 heteroatoms. The van der Waals surface area contributed by atoms with E-state index in [-0.39, 0.29) is 5.56 Å². The maximum atomic E-state index is 12.9. The lowest BCUT2D eigenvalue weighted by molar-refractivity contribution is 0.189. The van der Waals surface area contributed by atoms with Crippen LogP contribution >= 0.6 is 23.1 Å². The smallest absolute Gasteiger partial charge is 0.262 e. The molecule has 3 aromatic heterocycles. The molecule has 4 rings (SSSR count). The summed E-state index contributed by atoms with van der Waals surface area (Å²) in [6, 6.07) is 9.32. The molecule has 4 aromatic rings. The van der Waals surface area contributed by atoms with Gasteiger partial charge in [0.2, 0.25) is 0 Å². The fraction of sp³-hybridized carbons (Fsp3) is 0.263. The van der Waals surface area contributed by atoms with Crippen LogP contribution in [0.4, 0.5) is 0 Å². The van der Waals surface area contributed by atoms with Gasteiger partial charge in [-0.1, -0.05) is 29.1 Å². The third-order valence-electron chi connectivity index (χ3n) is 4.12. The van der Waals surface area contributed by atoms with Crippen LogP contribution in [0.25, 0.3) is 22.4 Å². The van der Waals surface area contributed by atoms with E-state index in [2.05, 4.69) is 15.1 Å². The van der Waals surface area contributed by atoms with Crippen LogP contribution < -0.4 is 5.56 Å². The quantitative estimate of drug-likeness (QED) is 0.246. The van der Waals surface area contributed by atoms with E-state index in [1.807, 2.05) is 35.0 Å². The molecule has 0 aliphatic rings. The van der Waals surface area contributed by atoms with Gasteiger partial charge in [0, 0.05) is 25.6 Å². The van der Waals surface area contributed by atoms with Crippen LogP contribution in [-0.4, -0.2) is 33.4 Å². The van der Waals surface area contributed by atoms with Gasteiger partial charge in [0.05, 0.1) is 22.2 Å². The Morgan fingerprint density at radius 3 is 2.96 bits per heavy atom. The van der Waals surface area contributed by atoms with Crippen LogP contribution in [0.15, 0.2) is 55.6 Å². The maximum Gasteiger partial charge on any atom is 0.262 e. The van der Waals surface area contributed by atoms with Crippen molar-refractivity contribution in [2.24, 2.45) is 0 Å². The van der Waals surface area contributed by atoms with Crippen LogP contribution in [0.2, 0.25) is 0 Å². The molecular weight excluding hydrogens is 396 g/mol. The Hall–Kier alpha value is -2.49. The highest BCUT2D eigenvalue weighted by Crippen LogP contribution is 2.24. The van der Waals surface area contributed by atoms with E-state index in [9.17, 15) is 4.79 Å². The summed E-state index contributed by atoms with van der Waals surface area (Å²) in [7, 11) is 1.65. The Labute approximate surface area is 169 Å². The van der Waals surface area contributed by atoms with Crippen molar-refractivity contribution in [3.8, 4) is 11.5 Å². The molecule has 28 heavy (non-hydrogen) atoms. The van der Waals surface area contributed by atoms with Crippen molar-refractivity contribution in [2.75, 3.05) is 13.7 Å². The van der Waals surface area contributed by atoms with Gasteiger partial charge in [0.15, 0.2) is 11.0 Å². The Morgan fingerprint density at radius 2 is 2.14 bits per heavy atom. The van der Waals surface area contributed by atoms with Gasteiger partial charge in [-0.05, 0) is 30.0 Å². The Kier molecular flexibility index (Phi) is 5.84. The van der Waals surface area contributed by atoms with E-state index in [0.29, 0.717) is 46.7 Å². The van der Waals surface area contributed by atoms with Gasteiger partial charge in [-0.15, -0.1) is 0 Å². The van der Waals surface area contributed by atoms with Crippen LogP contribution in [0.1, 0.15) is 12.2 Å². The number of thiophene rings is 1. The minimum Gasteiger partial charge on any atom is -0.385 e. The van der Waals surface area contributed by atoms with Crippen LogP contribution in [0.3, 0.4) is 0 Å². The first-order valence-electron chi connectivity index (χ1n) is 8.73. The van der Waals surface area contributed by atoms with Crippen molar-refractivity contribution >= 4 is 34.0 Å². The Morgan fingerprint density at radius 1 is 1.25 bits per heavy atom. The van der Waals surface area contributed by atoms with Gasteiger partial charge in [0.25, 0.3) is 11.4 Å². The summed E-state index contributed by atoms with van der Waals surface area (Å²) in [6.45, 7) is 1.12. The lowest BCUT2D eigenvalue weighted by atomic mass is 10.2. The van der Waals surface area contributed by atoms with Gasteiger partial charge in [-0.25, -0.2) is 4.98 Å². The van der Waals surface area contributed by atoms with Crippen LogP contribution in [-0.2, 0) is 17.0 Å². The number of hydrogen-bond acceptors (Lipinski definition) is 8. The third kappa shape index (κ3) is 4.01. The number of rotatable bonds is 8. The summed E-state index contributed by atoms with van der Waals surface area (Å²) in [6.07, 6.45) is 0.731. The van der Waals surface area contributed by atoms with E-state index in [4.69, 9.17) is 9.26 Å². The number of benzene rings is 1. The van der Waals surface area contributed by atoms with Crippen molar-refractivity contribution in [3.63, 3.8) is 0 Å². The number of ether oxygens (including phenoxy) is 1. The number of para-hydroxylation sites is 1. The molecule has 0 N–H and O–H groups in total. The molecule has 0 fully saturated rings. The van der Waals surface area contributed by atoms with Crippen LogP contribution in [0.5, 0.6) is 0 Å². The zero-order valence-electron chi connectivity index (χ0n) is 15.2. The molecule has 0 bridgehead atoms. The number of fused-ring (bicyclic) bond motifs is 1. The van der Waals surface area contributed by atoms with E-state index < -0.39 is 0 Å². The predicted octanol–water partition coefficient (Wildman–Crippen LogP) is 3.84. The van der Waals surface area contributed by atoms with Crippen molar-refractivity contribution < 1.29 is 9.26 Å². The van der Waals surface area contributed by atoms with Gasteiger partial charge >= 0.3 is 0 Å². The monoisotopic (exact) mass is 414 g/mol. The first kappa shape index (κ1) is 18.9. The van der Waals surface area contributed by atoms with Gasteiger partial charge in [-0.3, -0.25) is 9.36 Å². The highest BCUT2D eigenvalue weighted by molar-refractivity contribution is 7.98. The van der Waals surface area contributed by atoms with Crippen molar-refractivity contribution in [1.82, 2.24) is 19.7 Å². The normalized spacial score (nSPS) is 11.3. The molecule has 1 aromatic carbocycles. The van der Waals surface area contributed by atoms with E-state index in [0.717, 1.165) is 12.0 Å². The second kappa shape index (κ2) is 8.68. The van der Waals surface area contributed by atoms with E-state index >= 15 is 0 Å². The summed E-state index contributed by atoms with van der Waals surface area (Å²) in [5, 5.41) is 9.22. The molecule has 0 aliphatic carbocycles. The Bertz CT molecular complexity index is 1120. The summed E-state index contributed by atoms with van der Waals surface area (Å²) in [4.78, 5) is 22.1. The Balaban J connectivity index is 1.60. The maximum absolute atomic E-state index is 12.9. The number of aromatic nitrogens is 4. The van der Waals surface area contributed by atoms with E-state index in [1.165, 1.54) is 11.8 Å². The van der Waals surface area contributed by atoms with E-state index in [1.54, 1.807) is 29.1 Å². The highest BCUT2D eigenvalue weighted by Gasteiger charge is 2.14. The average Bonchev–Trinajstić information content (AvgIpc) is 3.40. The minimum atomic E-state index is -0.0451. The molecule has 0 amide bonds. The largest absolute Gasteiger partial charge is 0.385 e. The lowest BCUT2D eigenvalue weighted by Gasteiger charge is -2.12. The molecule has 0 saturated carbocycles. The topological polar surface area (TPSA) is 83.0 Å². The molecule has 0 saturated heterocycles. The van der Waals surface area contributed by atoms with Crippen molar-refractivity contribution in [1.29, 1.82) is 0 Å². The fourth-order valence-electron chi connectivity index (χ4n) is 2.77. The predicted molar refractivity (Wildman–Crippen MR) is 110 cm³/mol. The number of hydrogen-bond donors (Lipinski definition) is 0. The SMILES string of the molecule is COCCCn1c(SCc2noc(-c3ccsc3)n2)nc2ccccc2c1=O. The summed E-state index contributed by atoms with van der Waals surface area (Å²) >= 11 is 3.00. The van der Waals surface area contributed by atoms with Gasteiger partial charge in [-0.2, -0.15) is 16.3 Å². The summed E-state index contributed by atoms with van der Waals surface area (Å²) in [5.41, 5.74) is 1.55. The zero-order valence-corrected chi connectivity index (χ0v) is 16.8. The lowest BCUT2D eigenvalue weighted by Crippen LogP contribution is -2.24. The standard InChI is InChI=1S/C19H18N4O3S2/c1-25-9-4-8-23-18(24)14-5-2-3-6-15(14)20-19(23)28-12-16-21-17(26-22-16)13-7-10-27-11-13/h2-3,5-7,10-11H,4,8-9,12H2,1H3. The third-order valence-corrected chi connectivity index (χ3v) is 5.78. The van der Waals surface area contributed by atoms with Crippen molar-refractivity contribution in [2.45, 2.75) is 23.9 Å². The van der Waals surface area contributed by atoms with Crippen LogP contribution in [0, 0.1) is 0 Å². The molecule has 3 heterocycles. The number of nitrogens with zero attached hydrogens (tertiary/aromatic N) is 4. The second-order valence-electron chi connectivity index (χ2n) is 6.03. The molecule has 0 aliphatic heterocycles. The zero-order chi connectivity index (χ0) is 19.3. The number of thioether (sulfide) groups is 1. The van der Waals surface area contributed by atoms with Gasteiger partial charge < -0.3 is 9.26 Å². The second-order valence-corrected chi connectivity index (χ2v) is 7.75.